The zero-order chi connectivity index (χ0) is 15.6. The van der Waals surface area contributed by atoms with Crippen LogP contribution in [0.5, 0.6) is 5.75 Å². The summed E-state index contributed by atoms with van der Waals surface area (Å²) in [6.45, 7) is -0.0612. The molecule has 1 unspecified atom stereocenters. The van der Waals surface area contributed by atoms with Gasteiger partial charge in [0.15, 0.2) is 0 Å². The quantitative estimate of drug-likeness (QED) is 0.875. The van der Waals surface area contributed by atoms with E-state index in [1.807, 2.05) is 0 Å². The fourth-order valence-electron chi connectivity index (χ4n) is 2.01. The molecule has 1 heterocycles. The van der Waals surface area contributed by atoms with Crippen LogP contribution in [0.3, 0.4) is 0 Å². The maximum Gasteiger partial charge on any atom is 0.324 e. The monoisotopic (exact) mass is 335 g/mol. The summed E-state index contributed by atoms with van der Waals surface area (Å²) in [4.78, 5) is 11.1. The minimum Gasteiger partial charge on any atom is -0.495 e. The van der Waals surface area contributed by atoms with Crippen LogP contribution in [0, 0.1) is 0 Å². The van der Waals surface area contributed by atoms with Crippen LogP contribution in [0.15, 0.2) is 23.1 Å². The first-order chi connectivity index (χ1) is 9.87. The van der Waals surface area contributed by atoms with E-state index in [2.05, 4.69) is 0 Å². The van der Waals surface area contributed by atoms with Gasteiger partial charge in [0.2, 0.25) is 10.0 Å². The predicted octanol–water partition coefficient (Wildman–Crippen LogP) is 0.823. The lowest BCUT2D eigenvalue weighted by molar-refractivity contribution is -0.146. The highest BCUT2D eigenvalue weighted by Gasteiger charge is 2.38. The van der Waals surface area contributed by atoms with E-state index in [1.165, 1.54) is 25.3 Å². The number of nitrogens with zero attached hydrogens (tertiary/aromatic N) is 1. The third-order valence-electron chi connectivity index (χ3n) is 3.09. The zero-order valence-corrected chi connectivity index (χ0v) is 12.7. The van der Waals surface area contributed by atoms with Gasteiger partial charge < -0.3 is 14.6 Å². The lowest BCUT2D eigenvalue weighted by Gasteiger charge is -2.31. The molecule has 1 aliphatic rings. The molecule has 116 valence electrons. The van der Waals surface area contributed by atoms with Crippen LogP contribution in [-0.4, -0.2) is 56.7 Å². The number of carboxylic acids is 1. The minimum absolute atomic E-state index is 0.0249. The van der Waals surface area contributed by atoms with Gasteiger partial charge in [0, 0.05) is 6.54 Å². The molecule has 1 aromatic carbocycles. The number of rotatable bonds is 4. The Morgan fingerprint density at radius 1 is 1.52 bits per heavy atom. The van der Waals surface area contributed by atoms with Crippen molar-refractivity contribution in [2.75, 3.05) is 26.9 Å². The first-order valence-corrected chi connectivity index (χ1v) is 7.85. The van der Waals surface area contributed by atoms with E-state index in [1.54, 1.807) is 0 Å². The summed E-state index contributed by atoms with van der Waals surface area (Å²) in [5, 5.41) is 9.26. The van der Waals surface area contributed by atoms with Gasteiger partial charge in [-0.3, -0.25) is 4.79 Å². The van der Waals surface area contributed by atoms with Crippen molar-refractivity contribution in [1.29, 1.82) is 0 Å². The highest BCUT2D eigenvalue weighted by molar-refractivity contribution is 7.89. The van der Waals surface area contributed by atoms with E-state index < -0.39 is 22.0 Å². The van der Waals surface area contributed by atoms with Crippen LogP contribution in [0.1, 0.15) is 0 Å². The van der Waals surface area contributed by atoms with Crippen molar-refractivity contribution < 1.29 is 27.8 Å². The number of carboxylic acid groups (broad SMARTS) is 1. The molecule has 0 aliphatic carbocycles. The smallest absolute Gasteiger partial charge is 0.324 e. The summed E-state index contributed by atoms with van der Waals surface area (Å²) in [6, 6.07) is 2.74. The van der Waals surface area contributed by atoms with Gasteiger partial charge in [0.05, 0.1) is 30.2 Å². The number of sulfonamides is 1. The molecular formula is C12H14ClNO6S. The third-order valence-corrected chi connectivity index (χ3v) is 5.29. The second kappa shape index (κ2) is 6.18. The number of halogens is 1. The molecule has 0 amide bonds. The van der Waals surface area contributed by atoms with Crippen LogP contribution in [-0.2, 0) is 19.6 Å². The average molecular weight is 336 g/mol. The van der Waals surface area contributed by atoms with Gasteiger partial charge >= 0.3 is 5.97 Å². The van der Waals surface area contributed by atoms with E-state index in [0.717, 1.165) is 4.31 Å². The summed E-state index contributed by atoms with van der Waals surface area (Å²) >= 11 is 5.92. The van der Waals surface area contributed by atoms with Gasteiger partial charge in [-0.25, -0.2) is 8.42 Å². The Morgan fingerprint density at radius 3 is 2.81 bits per heavy atom. The Labute approximate surface area is 127 Å². The molecule has 21 heavy (non-hydrogen) atoms. The topological polar surface area (TPSA) is 93.1 Å². The molecule has 0 bridgehead atoms. The lowest BCUT2D eigenvalue weighted by Crippen LogP contribution is -2.52. The van der Waals surface area contributed by atoms with Gasteiger partial charge in [-0.15, -0.1) is 0 Å². The average Bonchev–Trinajstić information content (AvgIpc) is 2.47. The lowest BCUT2D eigenvalue weighted by atomic mass is 10.3. The van der Waals surface area contributed by atoms with Crippen LogP contribution in [0.2, 0.25) is 5.02 Å². The highest BCUT2D eigenvalue weighted by Crippen LogP contribution is 2.29. The standard InChI is InChI=1S/C12H14ClNO6S/c1-19-11-3-2-8(6-9(11)13)21(17,18)14-4-5-20-7-10(14)12(15)16/h2-3,6,10H,4-5,7H2,1H3,(H,15,16). The Morgan fingerprint density at radius 2 is 2.24 bits per heavy atom. The Balaban J connectivity index is 2.40. The third kappa shape index (κ3) is 3.13. The molecule has 0 aromatic heterocycles. The predicted molar refractivity (Wildman–Crippen MR) is 74.1 cm³/mol. The van der Waals surface area contributed by atoms with Crippen molar-refractivity contribution in [1.82, 2.24) is 4.31 Å². The van der Waals surface area contributed by atoms with Crippen molar-refractivity contribution in [2.24, 2.45) is 0 Å². The highest BCUT2D eigenvalue weighted by atomic mass is 35.5. The molecule has 0 spiro atoms. The van der Waals surface area contributed by atoms with Crippen molar-refractivity contribution >= 4 is 27.6 Å². The summed E-state index contributed by atoms with van der Waals surface area (Å²) in [5.74, 6) is -0.912. The first-order valence-electron chi connectivity index (χ1n) is 6.04. The summed E-state index contributed by atoms with van der Waals surface area (Å²) in [7, 11) is -2.56. The summed E-state index contributed by atoms with van der Waals surface area (Å²) in [5.41, 5.74) is 0. The van der Waals surface area contributed by atoms with Crippen LogP contribution < -0.4 is 4.74 Å². The Bertz CT molecular complexity index is 647. The first kappa shape index (κ1) is 16.0. The summed E-state index contributed by atoms with van der Waals surface area (Å²) in [6.07, 6.45) is 0. The van der Waals surface area contributed by atoms with Gasteiger partial charge in [-0.1, -0.05) is 11.6 Å². The van der Waals surface area contributed by atoms with Crippen LogP contribution >= 0.6 is 11.6 Å². The largest absolute Gasteiger partial charge is 0.495 e. The van der Waals surface area contributed by atoms with Gasteiger partial charge in [0.25, 0.3) is 0 Å². The second-order valence-electron chi connectivity index (χ2n) is 4.34. The molecule has 1 N–H and O–H groups in total. The molecule has 0 radical (unpaired) electrons. The molecular weight excluding hydrogens is 322 g/mol. The fraction of sp³-hybridized carbons (Fsp3) is 0.417. The van der Waals surface area contributed by atoms with Gasteiger partial charge in [-0.05, 0) is 18.2 Å². The summed E-state index contributed by atoms with van der Waals surface area (Å²) < 4.78 is 36.0. The Hall–Kier alpha value is -1.35. The molecule has 1 fully saturated rings. The van der Waals surface area contributed by atoms with E-state index >= 15 is 0 Å². The second-order valence-corrected chi connectivity index (χ2v) is 6.64. The van der Waals surface area contributed by atoms with E-state index in [9.17, 15) is 13.2 Å². The molecule has 1 atom stereocenters. The number of hydrogen-bond acceptors (Lipinski definition) is 5. The SMILES string of the molecule is COc1ccc(S(=O)(=O)N2CCOCC2C(=O)O)cc1Cl. The Kier molecular flexibility index (Phi) is 4.72. The normalized spacial score (nSPS) is 20.2. The van der Waals surface area contributed by atoms with Gasteiger partial charge in [-0.2, -0.15) is 4.31 Å². The van der Waals surface area contributed by atoms with Gasteiger partial charge in [0.1, 0.15) is 11.8 Å². The number of ether oxygens (including phenoxy) is 2. The molecule has 0 saturated carbocycles. The minimum atomic E-state index is -3.97. The van der Waals surface area contributed by atoms with Crippen molar-refractivity contribution in [2.45, 2.75) is 10.9 Å². The number of aliphatic carboxylic acids is 1. The fourth-order valence-corrected chi connectivity index (χ4v) is 3.91. The molecule has 1 aromatic rings. The van der Waals surface area contributed by atoms with E-state index in [4.69, 9.17) is 26.2 Å². The molecule has 9 heteroatoms. The van der Waals surface area contributed by atoms with Crippen molar-refractivity contribution in [3.8, 4) is 5.75 Å². The van der Waals surface area contributed by atoms with Crippen LogP contribution in [0.25, 0.3) is 0 Å². The van der Waals surface area contributed by atoms with Crippen molar-refractivity contribution in [3.05, 3.63) is 23.2 Å². The maximum absolute atomic E-state index is 12.6. The zero-order valence-electron chi connectivity index (χ0n) is 11.2. The molecule has 1 aliphatic heterocycles. The van der Waals surface area contributed by atoms with E-state index in [0.29, 0.717) is 5.75 Å². The number of benzene rings is 1. The van der Waals surface area contributed by atoms with Crippen LogP contribution in [0.4, 0.5) is 0 Å². The molecule has 7 nitrogen and oxygen atoms in total. The number of methoxy groups -OCH3 is 1. The van der Waals surface area contributed by atoms with E-state index in [-0.39, 0.29) is 29.7 Å². The maximum atomic E-state index is 12.6. The number of hydrogen-bond donors (Lipinski definition) is 1. The number of carbonyl (C=O) groups is 1. The molecule has 2 rings (SSSR count). The van der Waals surface area contributed by atoms with Crippen molar-refractivity contribution in [3.63, 3.8) is 0 Å². The number of morpholine rings is 1. The molecule has 1 saturated heterocycles.